The minimum absolute atomic E-state index is 0.445. The Bertz CT molecular complexity index is 190. The monoisotopic (exact) mass is 155 g/mol. The fraction of sp³-hybridized carbons (Fsp3) is 0.143. The van der Waals surface area contributed by atoms with Crippen molar-refractivity contribution in [1.29, 1.82) is 0 Å². The molecule has 53 valence electrons. The van der Waals surface area contributed by atoms with Gasteiger partial charge in [0.1, 0.15) is 5.75 Å². The molecule has 10 heavy (non-hydrogen) atoms. The summed E-state index contributed by atoms with van der Waals surface area (Å²) in [6.45, 7) is 0. The van der Waals surface area contributed by atoms with E-state index in [4.69, 9.17) is 4.74 Å². The molecular formula is C7H7O2S. The number of ether oxygens (including phenoxy) is 1. The Balaban J connectivity index is 2.96. The number of methoxy groups -OCH3 is 1. The molecule has 1 aromatic carbocycles. The second-order valence-corrected chi connectivity index (χ2v) is 2.34. The van der Waals surface area contributed by atoms with E-state index in [0.717, 1.165) is 0 Å². The highest BCUT2D eigenvalue weighted by Crippen LogP contribution is 2.26. The largest absolute Gasteiger partial charge is 0.495 e. The van der Waals surface area contributed by atoms with Crippen LogP contribution in [0.25, 0.3) is 0 Å². The molecule has 1 radical (unpaired) electrons. The molecule has 0 amide bonds. The van der Waals surface area contributed by atoms with Gasteiger partial charge in [-0.3, -0.25) is 0 Å². The third kappa shape index (κ3) is 1.43. The van der Waals surface area contributed by atoms with Crippen molar-refractivity contribution >= 4 is 12.0 Å². The Morgan fingerprint density at radius 3 is 2.60 bits per heavy atom. The zero-order chi connectivity index (χ0) is 7.40. The Kier molecular flexibility index (Phi) is 2.59. The van der Waals surface area contributed by atoms with Crippen molar-refractivity contribution in [2.75, 3.05) is 7.11 Å². The molecule has 0 fully saturated rings. The minimum Gasteiger partial charge on any atom is -0.495 e. The van der Waals surface area contributed by atoms with Crippen molar-refractivity contribution in [3.8, 4) is 5.75 Å². The summed E-state index contributed by atoms with van der Waals surface area (Å²) >= 11 is 0.445. The lowest BCUT2D eigenvalue weighted by atomic mass is 10.3. The van der Waals surface area contributed by atoms with Gasteiger partial charge in [0.15, 0.2) is 0 Å². The van der Waals surface area contributed by atoms with E-state index in [1.165, 1.54) is 0 Å². The molecule has 0 unspecified atom stereocenters. The van der Waals surface area contributed by atoms with Gasteiger partial charge in [-0.05, 0) is 12.1 Å². The highest BCUT2D eigenvalue weighted by molar-refractivity contribution is 7.93. The van der Waals surface area contributed by atoms with Crippen LogP contribution in [-0.2, 0) is 4.55 Å². The van der Waals surface area contributed by atoms with Crippen LogP contribution in [0.15, 0.2) is 29.2 Å². The van der Waals surface area contributed by atoms with Gasteiger partial charge in [-0.15, -0.1) is 4.55 Å². The second-order valence-electron chi connectivity index (χ2n) is 1.73. The summed E-state index contributed by atoms with van der Waals surface area (Å²) in [5.41, 5.74) is 0. The molecule has 0 saturated carbocycles. The molecule has 0 N–H and O–H groups in total. The summed E-state index contributed by atoms with van der Waals surface area (Å²) in [7, 11) is 1.55. The van der Waals surface area contributed by atoms with E-state index in [0.29, 0.717) is 22.7 Å². The van der Waals surface area contributed by atoms with Crippen molar-refractivity contribution in [1.82, 2.24) is 0 Å². The Morgan fingerprint density at radius 1 is 1.40 bits per heavy atom. The molecule has 0 aliphatic heterocycles. The van der Waals surface area contributed by atoms with E-state index in [2.05, 4.69) is 0 Å². The highest BCUT2D eigenvalue weighted by atomic mass is 32.2. The van der Waals surface area contributed by atoms with Crippen LogP contribution < -0.4 is 4.74 Å². The maximum Gasteiger partial charge on any atom is 0.134 e. The number of rotatable bonds is 2. The molecule has 1 aromatic rings. The predicted octanol–water partition coefficient (Wildman–Crippen LogP) is 2.13. The van der Waals surface area contributed by atoms with Gasteiger partial charge in [0.25, 0.3) is 0 Å². The molecule has 2 nitrogen and oxygen atoms in total. The van der Waals surface area contributed by atoms with E-state index in [-0.39, 0.29) is 0 Å². The first-order valence-corrected chi connectivity index (χ1v) is 3.55. The molecule has 3 heteroatoms. The van der Waals surface area contributed by atoms with E-state index >= 15 is 0 Å². The van der Waals surface area contributed by atoms with Crippen molar-refractivity contribution in [3.05, 3.63) is 24.3 Å². The van der Waals surface area contributed by atoms with Gasteiger partial charge in [-0.1, -0.05) is 12.1 Å². The maximum atomic E-state index is 10.3. The quantitative estimate of drug-likeness (QED) is 0.612. The van der Waals surface area contributed by atoms with Gasteiger partial charge in [0.2, 0.25) is 0 Å². The van der Waals surface area contributed by atoms with Gasteiger partial charge in [-0.25, -0.2) is 0 Å². The fourth-order valence-electron chi connectivity index (χ4n) is 0.688. The van der Waals surface area contributed by atoms with Gasteiger partial charge in [0, 0.05) is 0 Å². The highest BCUT2D eigenvalue weighted by Gasteiger charge is 1.99. The lowest BCUT2D eigenvalue weighted by molar-refractivity contribution is 0.402. The second kappa shape index (κ2) is 3.49. The average Bonchev–Trinajstić information content (AvgIpc) is 2.04. The third-order valence-corrected chi connectivity index (χ3v) is 1.68. The fourth-order valence-corrected chi connectivity index (χ4v) is 1.06. The topological polar surface area (TPSA) is 29.1 Å². The lowest BCUT2D eigenvalue weighted by Gasteiger charge is -2.01. The molecular weight excluding hydrogens is 148 g/mol. The normalized spacial score (nSPS) is 9.40. The maximum absolute atomic E-state index is 10.3. The number of hydrogen-bond donors (Lipinski definition) is 0. The van der Waals surface area contributed by atoms with Gasteiger partial charge >= 0.3 is 0 Å². The smallest absolute Gasteiger partial charge is 0.134 e. The van der Waals surface area contributed by atoms with Crippen LogP contribution in [0.2, 0.25) is 0 Å². The summed E-state index contributed by atoms with van der Waals surface area (Å²) in [4.78, 5) is 0.630. The van der Waals surface area contributed by atoms with Gasteiger partial charge in [-0.2, -0.15) is 0 Å². The minimum atomic E-state index is 0.445. The predicted molar refractivity (Wildman–Crippen MR) is 39.5 cm³/mol. The molecule has 0 atom stereocenters. The molecule has 1 rings (SSSR count). The van der Waals surface area contributed by atoms with E-state index in [1.807, 2.05) is 12.1 Å². The zero-order valence-corrected chi connectivity index (χ0v) is 6.35. The van der Waals surface area contributed by atoms with Crippen molar-refractivity contribution < 1.29 is 9.29 Å². The van der Waals surface area contributed by atoms with Crippen molar-refractivity contribution in [2.45, 2.75) is 4.90 Å². The van der Waals surface area contributed by atoms with Crippen molar-refractivity contribution in [3.63, 3.8) is 0 Å². The number of hydrogen-bond acceptors (Lipinski definition) is 2. The average molecular weight is 155 g/mol. The van der Waals surface area contributed by atoms with E-state index in [1.54, 1.807) is 19.2 Å². The van der Waals surface area contributed by atoms with E-state index in [9.17, 15) is 4.55 Å². The summed E-state index contributed by atoms with van der Waals surface area (Å²) < 4.78 is 15.3. The van der Waals surface area contributed by atoms with E-state index < -0.39 is 0 Å². The van der Waals surface area contributed by atoms with Gasteiger partial charge < -0.3 is 4.74 Å². The first kappa shape index (κ1) is 7.44. The lowest BCUT2D eigenvalue weighted by Crippen LogP contribution is -1.83. The number of para-hydroxylation sites is 1. The summed E-state index contributed by atoms with van der Waals surface area (Å²) in [5.74, 6) is 0.641. The molecule has 0 spiro atoms. The van der Waals surface area contributed by atoms with Crippen LogP contribution in [0.5, 0.6) is 5.75 Å². The third-order valence-electron chi connectivity index (χ3n) is 1.16. The summed E-state index contributed by atoms with van der Waals surface area (Å²) in [6.07, 6.45) is 0. The SMILES string of the molecule is COc1ccccc1S[O]. The Labute approximate surface area is 64.0 Å². The Morgan fingerprint density at radius 2 is 2.10 bits per heavy atom. The van der Waals surface area contributed by atoms with Crippen LogP contribution in [0.1, 0.15) is 0 Å². The molecule has 0 saturated heterocycles. The van der Waals surface area contributed by atoms with Crippen LogP contribution >= 0.6 is 12.0 Å². The first-order valence-electron chi connectivity index (χ1n) is 2.81. The summed E-state index contributed by atoms with van der Waals surface area (Å²) in [5, 5.41) is 0. The Hall–Kier alpha value is -0.670. The van der Waals surface area contributed by atoms with Gasteiger partial charge in [0.05, 0.1) is 24.0 Å². The molecule has 0 aliphatic rings. The van der Waals surface area contributed by atoms with Crippen LogP contribution in [0, 0.1) is 0 Å². The van der Waals surface area contributed by atoms with Crippen molar-refractivity contribution in [2.24, 2.45) is 0 Å². The van der Waals surface area contributed by atoms with Crippen LogP contribution in [0.4, 0.5) is 0 Å². The first-order chi connectivity index (χ1) is 4.88. The number of benzene rings is 1. The molecule has 0 aliphatic carbocycles. The molecule has 0 heterocycles. The van der Waals surface area contributed by atoms with Crippen LogP contribution in [0.3, 0.4) is 0 Å². The van der Waals surface area contributed by atoms with Crippen LogP contribution in [-0.4, -0.2) is 7.11 Å². The molecule has 0 aromatic heterocycles. The standard InChI is InChI=1S/C7H7O2S/c1-9-6-4-2-3-5-7(6)10-8/h2-5H,1H3. The summed E-state index contributed by atoms with van der Waals surface area (Å²) in [6, 6.07) is 7.14. The molecule has 0 bridgehead atoms. The zero-order valence-electron chi connectivity index (χ0n) is 5.53.